The van der Waals surface area contributed by atoms with E-state index in [1.54, 1.807) is 0 Å². The van der Waals surface area contributed by atoms with E-state index in [0.717, 1.165) is 49.7 Å². The van der Waals surface area contributed by atoms with E-state index in [1.165, 1.54) is 5.56 Å². The molecule has 1 aliphatic carbocycles. The molecule has 5 heteroatoms. The summed E-state index contributed by atoms with van der Waals surface area (Å²) in [5, 5.41) is 3.99. The molecular weight excluding hydrogens is 372 g/mol. The van der Waals surface area contributed by atoms with Gasteiger partial charge in [-0.2, -0.15) is 0 Å². The van der Waals surface area contributed by atoms with Crippen LogP contribution in [0.4, 0.5) is 0 Å². The lowest BCUT2D eigenvalue weighted by molar-refractivity contribution is -0.123. The number of benzene rings is 2. The molecule has 0 radical (unpaired) electrons. The molecule has 1 saturated carbocycles. The molecule has 0 bridgehead atoms. The highest BCUT2D eigenvalue weighted by atomic mass is 35.5. The molecule has 1 N–H and O–H groups in total. The van der Waals surface area contributed by atoms with Gasteiger partial charge in [-0.3, -0.25) is 9.69 Å². The van der Waals surface area contributed by atoms with Crippen molar-refractivity contribution < 1.29 is 9.53 Å². The van der Waals surface area contributed by atoms with Gasteiger partial charge in [-0.05, 0) is 42.0 Å². The molecule has 0 aromatic heterocycles. The fraction of sp³-hybridized carbons (Fsp3) is 0.435. The van der Waals surface area contributed by atoms with Crippen LogP contribution in [0.5, 0.6) is 0 Å². The highest BCUT2D eigenvalue weighted by molar-refractivity contribution is 6.30. The molecule has 2 fully saturated rings. The zero-order chi connectivity index (χ0) is 19.3. The van der Waals surface area contributed by atoms with E-state index in [9.17, 15) is 4.79 Å². The standard InChI is InChI=1S/C23H27ClN2O2/c24-20-10-8-17(9-11-20)21(26-12-14-28-15-13-26)16-25-23(27)22(19-6-7-19)18-4-2-1-3-5-18/h1-5,8-11,19,21-22H,6-7,12-16H2,(H,25,27). The van der Waals surface area contributed by atoms with Crippen LogP contribution in [0.1, 0.15) is 35.9 Å². The normalized spacial score (nSPS) is 19.8. The number of hydrogen-bond donors (Lipinski definition) is 1. The van der Waals surface area contributed by atoms with E-state index in [-0.39, 0.29) is 17.9 Å². The molecule has 1 amide bonds. The largest absolute Gasteiger partial charge is 0.379 e. The van der Waals surface area contributed by atoms with Gasteiger partial charge in [-0.15, -0.1) is 0 Å². The molecule has 0 spiro atoms. The zero-order valence-corrected chi connectivity index (χ0v) is 16.8. The van der Waals surface area contributed by atoms with Gasteiger partial charge < -0.3 is 10.1 Å². The molecule has 4 rings (SSSR count). The third-order valence-electron chi connectivity index (χ3n) is 5.75. The van der Waals surface area contributed by atoms with Gasteiger partial charge in [0.05, 0.1) is 25.2 Å². The smallest absolute Gasteiger partial charge is 0.227 e. The molecule has 1 heterocycles. The Morgan fingerprint density at radius 2 is 1.71 bits per heavy atom. The van der Waals surface area contributed by atoms with Crippen molar-refractivity contribution in [1.82, 2.24) is 10.2 Å². The minimum atomic E-state index is -0.0447. The van der Waals surface area contributed by atoms with Crippen LogP contribution < -0.4 is 5.32 Å². The molecule has 148 valence electrons. The second-order valence-electron chi connectivity index (χ2n) is 7.69. The van der Waals surface area contributed by atoms with Gasteiger partial charge in [-0.1, -0.05) is 54.1 Å². The Kier molecular flexibility index (Phi) is 6.30. The maximum Gasteiger partial charge on any atom is 0.227 e. The molecule has 2 aromatic rings. The van der Waals surface area contributed by atoms with E-state index in [2.05, 4.69) is 34.5 Å². The summed E-state index contributed by atoms with van der Waals surface area (Å²) in [6, 6.07) is 18.3. The number of ether oxygens (including phenoxy) is 1. The van der Waals surface area contributed by atoms with E-state index in [1.807, 2.05) is 30.3 Å². The molecule has 1 aliphatic heterocycles. The van der Waals surface area contributed by atoms with Crippen molar-refractivity contribution in [1.29, 1.82) is 0 Å². The number of nitrogens with zero attached hydrogens (tertiary/aromatic N) is 1. The number of rotatable bonds is 7. The predicted octanol–water partition coefficient (Wildman–Crippen LogP) is 4.02. The fourth-order valence-corrected chi connectivity index (χ4v) is 4.19. The van der Waals surface area contributed by atoms with E-state index < -0.39 is 0 Å². The summed E-state index contributed by atoms with van der Waals surface area (Å²) in [6.45, 7) is 3.79. The average Bonchev–Trinajstić information content (AvgIpc) is 3.56. The average molecular weight is 399 g/mol. The van der Waals surface area contributed by atoms with Crippen LogP contribution in [0.15, 0.2) is 54.6 Å². The van der Waals surface area contributed by atoms with Crippen LogP contribution in [-0.4, -0.2) is 43.7 Å². The Morgan fingerprint density at radius 1 is 1.04 bits per heavy atom. The third-order valence-corrected chi connectivity index (χ3v) is 6.00. The summed E-state index contributed by atoms with van der Waals surface area (Å²) < 4.78 is 5.52. The first-order valence-corrected chi connectivity index (χ1v) is 10.5. The number of halogens is 1. The quantitative estimate of drug-likeness (QED) is 0.765. The molecular formula is C23H27ClN2O2. The number of hydrogen-bond acceptors (Lipinski definition) is 3. The summed E-state index contributed by atoms with van der Waals surface area (Å²) in [4.78, 5) is 15.5. The van der Waals surface area contributed by atoms with Gasteiger partial charge in [0.1, 0.15) is 0 Å². The van der Waals surface area contributed by atoms with Crippen molar-refractivity contribution in [2.45, 2.75) is 24.8 Å². The Balaban J connectivity index is 1.48. The second-order valence-corrected chi connectivity index (χ2v) is 8.12. The van der Waals surface area contributed by atoms with Crippen molar-refractivity contribution >= 4 is 17.5 Å². The van der Waals surface area contributed by atoms with Crippen molar-refractivity contribution in [2.75, 3.05) is 32.8 Å². The van der Waals surface area contributed by atoms with Crippen LogP contribution >= 0.6 is 11.6 Å². The van der Waals surface area contributed by atoms with Crippen LogP contribution in [-0.2, 0) is 9.53 Å². The minimum absolute atomic E-state index is 0.0447. The SMILES string of the molecule is O=C(NCC(c1ccc(Cl)cc1)N1CCOCC1)C(c1ccccc1)C1CC1. The minimum Gasteiger partial charge on any atom is -0.379 e. The Labute approximate surface area is 171 Å². The van der Waals surface area contributed by atoms with Gasteiger partial charge in [0.15, 0.2) is 0 Å². The summed E-state index contributed by atoms with van der Waals surface area (Å²) >= 11 is 6.08. The highest BCUT2D eigenvalue weighted by Gasteiger charge is 2.37. The predicted molar refractivity (Wildman–Crippen MR) is 112 cm³/mol. The number of carbonyl (C=O) groups excluding carboxylic acids is 1. The zero-order valence-electron chi connectivity index (χ0n) is 16.0. The lowest BCUT2D eigenvalue weighted by atomic mass is 9.93. The molecule has 2 aliphatic rings. The number of morpholine rings is 1. The monoisotopic (exact) mass is 398 g/mol. The van der Waals surface area contributed by atoms with Crippen LogP contribution in [0.2, 0.25) is 5.02 Å². The summed E-state index contributed by atoms with van der Waals surface area (Å²) in [5.74, 6) is 0.567. The lowest BCUT2D eigenvalue weighted by Crippen LogP contribution is -2.44. The van der Waals surface area contributed by atoms with Crippen molar-refractivity contribution in [2.24, 2.45) is 5.92 Å². The molecule has 28 heavy (non-hydrogen) atoms. The topological polar surface area (TPSA) is 41.6 Å². The number of nitrogens with one attached hydrogen (secondary N) is 1. The van der Waals surface area contributed by atoms with Crippen LogP contribution in [0.3, 0.4) is 0 Å². The molecule has 1 saturated heterocycles. The van der Waals surface area contributed by atoms with Gasteiger partial charge in [-0.25, -0.2) is 0 Å². The maximum atomic E-state index is 13.1. The van der Waals surface area contributed by atoms with Crippen molar-refractivity contribution in [3.8, 4) is 0 Å². The number of carbonyl (C=O) groups is 1. The summed E-state index contributed by atoms with van der Waals surface area (Å²) in [7, 11) is 0. The van der Waals surface area contributed by atoms with Gasteiger partial charge in [0, 0.05) is 24.7 Å². The Bertz CT molecular complexity index is 771. The number of amides is 1. The van der Waals surface area contributed by atoms with E-state index in [0.29, 0.717) is 12.5 Å². The maximum absolute atomic E-state index is 13.1. The summed E-state index contributed by atoms with van der Waals surface area (Å²) in [6.07, 6.45) is 2.27. The van der Waals surface area contributed by atoms with Gasteiger partial charge in [0.2, 0.25) is 5.91 Å². The Hall–Kier alpha value is -1.88. The second kappa shape index (κ2) is 9.08. The first-order valence-electron chi connectivity index (χ1n) is 10.1. The molecule has 4 nitrogen and oxygen atoms in total. The van der Waals surface area contributed by atoms with Gasteiger partial charge >= 0.3 is 0 Å². The fourth-order valence-electron chi connectivity index (χ4n) is 4.07. The molecule has 2 unspecified atom stereocenters. The Morgan fingerprint density at radius 3 is 2.36 bits per heavy atom. The lowest BCUT2D eigenvalue weighted by Gasteiger charge is -2.35. The third kappa shape index (κ3) is 4.75. The molecule has 2 atom stereocenters. The van der Waals surface area contributed by atoms with E-state index >= 15 is 0 Å². The first-order chi connectivity index (χ1) is 13.7. The van der Waals surface area contributed by atoms with Crippen LogP contribution in [0.25, 0.3) is 0 Å². The highest BCUT2D eigenvalue weighted by Crippen LogP contribution is 2.42. The van der Waals surface area contributed by atoms with Crippen LogP contribution in [0, 0.1) is 5.92 Å². The summed E-state index contributed by atoms with van der Waals surface area (Å²) in [5.41, 5.74) is 2.30. The van der Waals surface area contributed by atoms with Crippen molar-refractivity contribution in [3.63, 3.8) is 0 Å². The first kappa shape index (κ1) is 19.4. The van der Waals surface area contributed by atoms with Gasteiger partial charge in [0.25, 0.3) is 0 Å². The van der Waals surface area contributed by atoms with Crippen molar-refractivity contribution in [3.05, 3.63) is 70.7 Å². The molecule has 2 aromatic carbocycles. The van der Waals surface area contributed by atoms with E-state index in [4.69, 9.17) is 16.3 Å².